The topological polar surface area (TPSA) is 110 Å². The van der Waals surface area contributed by atoms with E-state index in [1.54, 1.807) is 26.8 Å². The number of benzene rings is 2. The zero-order valence-electron chi connectivity index (χ0n) is 17.1. The van der Waals surface area contributed by atoms with Gasteiger partial charge in [-0.05, 0) is 75.4 Å². The fourth-order valence-electron chi connectivity index (χ4n) is 2.68. The Labute approximate surface area is 179 Å². The number of aromatic nitrogens is 2. The third kappa shape index (κ3) is 5.98. The third-order valence-corrected chi connectivity index (χ3v) is 5.48. The summed E-state index contributed by atoms with van der Waals surface area (Å²) >= 11 is 0. The highest BCUT2D eigenvalue weighted by Crippen LogP contribution is 2.18. The first-order valence-electron chi connectivity index (χ1n) is 9.31. The second kappa shape index (κ2) is 9.09. The second-order valence-electron chi connectivity index (χ2n) is 6.81. The van der Waals surface area contributed by atoms with E-state index in [0.717, 1.165) is 0 Å². The summed E-state index contributed by atoms with van der Waals surface area (Å²) < 4.78 is 45.9. The molecule has 8 nitrogen and oxygen atoms in total. The Morgan fingerprint density at radius 1 is 1.00 bits per heavy atom. The smallest absolute Gasteiger partial charge is 0.265 e. The van der Waals surface area contributed by atoms with Gasteiger partial charge in [-0.1, -0.05) is 0 Å². The predicted octanol–water partition coefficient (Wildman–Crippen LogP) is 3.44. The van der Waals surface area contributed by atoms with Crippen molar-refractivity contribution in [2.75, 3.05) is 10.0 Å². The predicted molar refractivity (Wildman–Crippen MR) is 114 cm³/mol. The molecule has 0 saturated carbocycles. The first-order chi connectivity index (χ1) is 14.6. The number of nitrogens with zero attached hydrogens (tertiary/aromatic N) is 2. The Hall–Kier alpha value is -3.53. The van der Waals surface area contributed by atoms with Crippen molar-refractivity contribution in [3.63, 3.8) is 0 Å². The van der Waals surface area contributed by atoms with Crippen molar-refractivity contribution in [1.29, 1.82) is 0 Å². The summed E-state index contributed by atoms with van der Waals surface area (Å²) in [7, 11) is -3.90. The fourth-order valence-corrected chi connectivity index (χ4v) is 3.63. The van der Waals surface area contributed by atoms with Gasteiger partial charge in [0.25, 0.3) is 15.9 Å². The van der Waals surface area contributed by atoms with Crippen molar-refractivity contribution in [2.24, 2.45) is 0 Å². The number of halogens is 1. The number of ether oxygens (including phenoxy) is 1. The van der Waals surface area contributed by atoms with Crippen LogP contribution in [0.5, 0.6) is 5.75 Å². The zero-order chi connectivity index (χ0) is 22.6. The Morgan fingerprint density at radius 3 is 2.16 bits per heavy atom. The van der Waals surface area contributed by atoms with Crippen LogP contribution in [0, 0.1) is 19.7 Å². The quantitative estimate of drug-likeness (QED) is 0.578. The molecule has 0 saturated heterocycles. The SMILES string of the molecule is Cc1cc(C)nc(NS(=O)(=O)c2ccc(NC(=O)[C@@H](C)Oc3ccc(F)cc3)cc2)n1. The van der Waals surface area contributed by atoms with Gasteiger partial charge in [-0.25, -0.2) is 27.5 Å². The van der Waals surface area contributed by atoms with Gasteiger partial charge in [0.05, 0.1) is 4.90 Å². The minimum atomic E-state index is -3.90. The number of hydrogen-bond acceptors (Lipinski definition) is 6. The lowest BCUT2D eigenvalue weighted by Gasteiger charge is -2.15. The van der Waals surface area contributed by atoms with Crippen molar-refractivity contribution >= 4 is 27.6 Å². The molecular weight excluding hydrogens is 423 g/mol. The fraction of sp³-hybridized carbons (Fsp3) is 0.190. The molecule has 3 aromatic rings. The summed E-state index contributed by atoms with van der Waals surface area (Å²) in [6, 6.07) is 12.7. The largest absolute Gasteiger partial charge is 0.481 e. The molecule has 31 heavy (non-hydrogen) atoms. The van der Waals surface area contributed by atoms with E-state index in [-0.39, 0.29) is 10.8 Å². The molecule has 1 heterocycles. The molecule has 2 aromatic carbocycles. The van der Waals surface area contributed by atoms with E-state index in [9.17, 15) is 17.6 Å². The van der Waals surface area contributed by atoms with E-state index in [2.05, 4.69) is 20.0 Å². The van der Waals surface area contributed by atoms with E-state index >= 15 is 0 Å². The average Bonchev–Trinajstić information content (AvgIpc) is 2.69. The summed E-state index contributed by atoms with van der Waals surface area (Å²) in [4.78, 5) is 20.4. The van der Waals surface area contributed by atoms with Gasteiger partial charge in [0.15, 0.2) is 6.10 Å². The maximum Gasteiger partial charge on any atom is 0.265 e. The lowest BCUT2D eigenvalue weighted by Crippen LogP contribution is -2.30. The van der Waals surface area contributed by atoms with Crippen molar-refractivity contribution in [3.8, 4) is 5.75 Å². The van der Waals surface area contributed by atoms with Gasteiger partial charge in [0.1, 0.15) is 11.6 Å². The van der Waals surface area contributed by atoms with E-state index in [0.29, 0.717) is 22.8 Å². The molecule has 0 fully saturated rings. The van der Waals surface area contributed by atoms with Crippen LogP contribution in [0.4, 0.5) is 16.0 Å². The first kappa shape index (κ1) is 22.2. The average molecular weight is 444 g/mol. The van der Waals surface area contributed by atoms with Gasteiger partial charge in [-0.2, -0.15) is 0 Å². The van der Waals surface area contributed by atoms with Crippen molar-refractivity contribution < 1.29 is 22.3 Å². The molecule has 162 valence electrons. The van der Waals surface area contributed by atoms with Crippen molar-refractivity contribution in [3.05, 3.63) is 71.8 Å². The highest BCUT2D eigenvalue weighted by Gasteiger charge is 2.18. The number of rotatable bonds is 7. The number of nitrogens with one attached hydrogen (secondary N) is 2. The second-order valence-corrected chi connectivity index (χ2v) is 8.49. The van der Waals surface area contributed by atoms with Crippen molar-refractivity contribution in [2.45, 2.75) is 31.8 Å². The van der Waals surface area contributed by atoms with Crippen LogP contribution in [-0.4, -0.2) is 30.4 Å². The van der Waals surface area contributed by atoms with Gasteiger partial charge in [0.2, 0.25) is 5.95 Å². The van der Waals surface area contributed by atoms with Gasteiger partial charge in [-0.15, -0.1) is 0 Å². The molecule has 1 amide bonds. The monoisotopic (exact) mass is 444 g/mol. The van der Waals surface area contributed by atoms with Crippen LogP contribution in [0.3, 0.4) is 0 Å². The van der Waals surface area contributed by atoms with Crippen LogP contribution in [0.2, 0.25) is 0 Å². The summed E-state index contributed by atoms with van der Waals surface area (Å²) in [5.74, 6) is -0.508. The lowest BCUT2D eigenvalue weighted by molar-refractivity contribution is -0.122. The zero-order valence-corrected chi connectivity index (χ0v) is 17.9. The molecule has 0 spiro atoms. The highest BCUT2D eigenvalue weighted by atomic mass is 32.2. The number of amides is 1. The number of aryl methyl sites for hydroxylation is 2. The van der Waals surface area contributed by atoms with Crippen LogP contribution in [0.15, 0.2) is 59.5 Å². The number of hydrogen-bond donors (Lipinski definition) is 2. The van der Waals surface area contributed by atoms with E-state index in [4.69, 9.17) is 4.74 Å². The maximum absolute atomic E-state index is 13.0. The van der Waals surface area contributed by atoms with Crippen LogP contribution in [0.25, 0.3) is 0 Å². The number of carbonyl (C=O) groups excluding carboxylic acids is 1. The summed E-state index contributed by atoms with van der Waals surface area (Å²) in [5, 5.41) is 2.64. The van der Waals surface area contributed by atoms with Gasteiger partial charge in [-0.3, -0.25) is 4.79 Å². The molecule has 1 aromatic heterocycles. The molecule has 10 heteroatoms. The van der Waals surface area contributed by atoms with Gasteiger partial charge < -0.3 is 10.1 Å². The summed E-state index contributed by atoms with van der Waals surface area (Å²) in [6.45, 7) is 5.03. The Bertz CT molecular complexity index is 1160. The molecular formula is C21H21FN4O4S. The molecule has 3 rings (SSSR count). The maximum atomic E-state index is 13.0. The number of carbonyl (C=O) groups is 1. The minimum absolute atomic E-state index is 0.0103. The normalized spacial score (nSPS) is 12.1. The van der Waals surface area contributed by atoms with Crippen LogP contribution in [-0.2, 0) is 14.8 Å². The van der Waals surface area contributed by atoms with Crippen LogP contribution in [0.1, 0.15) is 18.3 Å². The molecule has 0 aliphatic heterocycles. The molecule has 1 atom stereocenters. The Morgan fingerprint density at radius 2 is 1.58 bits per heavy atom. The van der Waals surface area contributed by atoms with Gasteiger partial charge >= 0.3 is 0 Å². The molecule has 0 aliphatic carbocycles. The highest BCUT2D eigenvalue weighted by molar-refractivity contribution is 7.92. The van der Waals surface area contributed by atoms with Crippen molar-refractivity contribution in [1.82, 2.24) is 9.97 Å². The standard InChI is InChI=1S/C21H21FN4O4S/c1-13-12-14(2)24-21(23-13)26-31(28,29)19-10-6-17(7-11-19)25-20(27)15(3)30-18-8-4-16(22)5-9-18/h4-12,15H,1-3H3,(H,25,27)(H,23,24,26)/t15-/m1/s1. The minimum Gasteiger partial charge on any atom is -0.481 e. The summed E-state index contributed by atoms with van der Waals surface area (Å²) in [6.07, 6.45) is -0.850. The molecule has 0 unspecified atom stereocenters. The molecule has 2 N–H and O–H groups in total. The Balaban J connectivity index is 1.64. The van der Waals surface area contributed by atoms with E-state index < -0.39 is 27.9 Å². The molecule has 0 bridgehead atoms. The molecule has 0 aliphatic rings. The third-order valence-electron chi connectivity index (χ3n) is 4.14. The van der Waals surface area contributed by atoms with Gasteiger partial charge in [0, 0.05) is 17.1 Å². The first-order valence-corrected chi connectivity index (χ1v) is 10.8. The number of anilines is 2. The lowest BCUT2D eigenvalue weighted by atomic mass is 10.3. The van der Waals surface area contributed by atoms with E-state index in [1.165, 1.54) is 48.5 Å². The van der Waals surface area contributed by atoms with Crippen LogP contribution >= 0.6 is 0 Å². The van der Waals surface area contributed by atoms with E-state index in [1.807, 2.05) is 0 Å². The van der Waals surface area contributed by atoms with Crippen LogP contribution < -0.4 is 14.8 Å². The number of sulfonamides is 1. The summed E-state index contributed by atoms with van der Waals surface area (Å²) in [5.41, 5.74) is 1.67. The molecule has 0 radical (unpaired) electrons. The Kier molecular flexibility index (Phi) is 6.50.